The normalized spacial score (nSPS) is 9.90. The third-order valence-corrected chi connectivity index (χ3v) is 0.867. The summed E-state index contributed by atoms with van der Waals surface area (Å²) < 4.78 is 4.39. The number of carbonyl (C=O) groups is 1. The van der Waals surface area contributed by atoms with Gasteiger partial charge in [0.05, 0.1) is 20.8 Å². The summed E-state index contributed by atoms with van der Waals surface area (Å²) in [5.41, 5.74) is 0. The smallest absolute Gasteiger partial charge is 0.293 e. The second-order valence-corrected chi connectivity index (χ2v) is 1.39. The zero-order valence-corrected chi connectivity index (χ0v) is 6.07. The van der Waals surface area contributed by atoms with Gasteiger partial charge in [0.15, 0.2) is 0 Å². The van der Waals surface area contributed by atoms with Gasteiger partial charge in [0.25, 0.3) is 6.47 Å². The highest BCUT2D eigenvalue weighted by molar-refractivity contribution is 5.36. The van der Waals surface area contributed by atoms with E-state index in [2.05, 4.69) is 14.4 Å². The molecular weight excluding hydrogens is 138 g/mol. The van der Waals surface area contributed by atoms with Crippen molar-refractivity contribution in [1.82, 2.24) is 5.23 Å². The highest BCUT2D eigenvalue weighted by Gasteiger charge is 1.98. The fraction of sp³-hybridized carbons (Fsp3) is 0.800. The van der Waals surface area contributed by atoms with Gasteiger partial charge >= 0.3 is 0 Å². The average Bonchev–Trinajstić information content (AvgIpc) is 1.99. The molecule has 0 aromatic rings. The third-order valence-electron chi connectivity index (χ3n) is 0.867. The van der Waals surface area contributed by atoms with E-state index >= 15 is 0 Å². The predicted molar refractivity (Wildman–Crippen MR) is 32.7 cm³/mol. The van der Waals surface area contributed by atoms with Gasteiger partial charge in [-0.2, -0.15) is 0 Å². The van der Waals surface area contributed by atoms with Crippen LogP contribution in [0.2, 0.25) is 0 Å². The SMILES string of the molecule is CON(CCOC=O)OC. The van der Waals surface area contributed by atoms with Crippen molar-refractivity contribution in [2.75, 3.05) is 27.4 Å². The summed E-state index contributed by atoms with van der Waals surface area (Å²) in [6.07, 6.45) is 0. The molecule has 0 aromatic heterocycles. The van der Waals surface area contributed by atoms with Crippen molar-refractivity contribution in [2.45, 2.75) is 0 Å². The first-order valence-electron chi connectivity index (χ1n) is 2.76. The van der Waals surface area contributed by atoms with Gasteiger partial charge in [-0.15, -0.1) is 0 Å². The average molecular weight is 149 g/mol. The lowest BCUT2D eigenvalue weighted by Gasteiger charge is -2.14. The van der Waals surface area contributed by atoms with Gasteiger partial charge in [-0.25, -0.2) is 0 Å². The van der Waals surface area contributed by atoms with Crippen LogP contribution in [0.5, 0.6) is 0 Å². The molecule has 0 saturated heterocycles. The van der Waals surface area contributed by atoms with E-state index in [1.54, 1.807) is 0 Å². The van der Waals surface area contributed by atoms with Gasteiger partial charge in [-0.05, 0) is 0 Å². The standard InChI is InChI=1S/C5H11NO4/c1-8-6(9-2)3-4-10-5-7/h5H,3-4H2,1-2H3. The van der Waals surface area contributed by atoms with Crippen LogP contribution >= 0.6 is 0 Å². The maximum absolute atomic E-state index is 9.64. The van der Waals surface area contributed by atoms with Gasteiger partial charge in [0.2, 0.25) is 0 Å². The molecule has 0 N–H and O–H groups in total. The summed E-state index contributed by atoms with van der Waals surface area (Å²) >= 11 is 0. The summed E-state index contributed by atoms with van der Waals surface area (Å²) in [6.45, 7) is 1.03. The van der Waals surface area contributed by atoms with Crippen LogP contribution in [0.3, 0.4) is 0 Å². The third kappa shape index (κ3) is 4.25. The van der Waals surface area contributed by atoms with Crippen LogP contribution in [0.4, 0.5) is 0 Å². The molecule has 5 heteroatoms. The fourth-order valence-corrected chi connectivity index (χ4v) is 0.432. The van der Waals surface area contributed by atoms with Crippen LogP contribution in [0.1, 0.15) is 0 Å². The Hall–Kier alpha value is -0.650. The van der Waals surface area contributed by atoms with Crippen LogP contribution in [-0.2, 0) is 19.2 Å². The molecular formula is C5H11NO4. The highest BCUT2D eigenvalue weighted by atomic mass is 16.9. The number of rotatable bonds is 6. The molecule has 0 spiro atoms. The lowest BCUT2D eigenvalue weighted by atomic mass is 10.7. The minimum absolute atomic E-state index is 0.255. The molecule has 0 atom stereocenters. The molecule has 10 heavy (non-hydrogen) atoms. The van der Waals surface area contributed by atoms with Crippen molar-refractivity contribution >= 4 is 6.47 Å². The van der Waals surface area contributed by atoms with E-state index in [-0.39, 0.29) is 6.61 Å². The number of hydroxylamine groups is 2. The molecule has 0 rings (SSSR count). The Balaban J connectivity index is 3.16. The van der Waals surface area contributed by atoms with Crippen molar-refractivity contribution in [3.05, 3.63) is 0 Å². The van der Waals surface area contributed by atoms with Crippen LogP contribution in [0, 0.1) is 0 Å². The Kier molecular flexibility index (Phi) is 6.05. The lowest BCUT2D eigenvalue weighted by Crippen LogP contribution is -2.25. The monoisotopic (exact) mass is 149 g/mol. The maximum Gasteiger partial charge on any atom is 0.293 e. The van der Waals surface area contributed by atoms with Crippen molar-refractivity contribution in [3.8, 4) is 0 Å². The van der Waals surface area contributed by atoms with Gasteiger partial charge in [0, 0.05) is 0 Å². The Morgan fingerprint density at radius 3 is 2.40 bits per heavy atom. The lowest BCUT2D eigenvalue weighted by molar-refractivity contribution is -0.344. The van der Waals surface area contributed by atoms with Gasteiger partial charge in [-0.1, -0.05) is 5.23 Å². The number of nitrogens with zero attached hydrogens (tertiary/aromatic N) is 1. The quantitative estimate of drug-likeness (QED) is 0.292. The second-order valence-electron chi connectivity index (χ2n) is 1.39. The molecule has 0 bridgehead atoms. The Labute approximate surface area is 59.4 Å². The molecule has 0 heterocycles. The number of carbonyl (C=O) groups excluding carboxylic acids is 1. The van der Waals surface area contributed by atoms with Crippen molar-refractivity contribution in [3.63, 3.8) is 0 Å². The molecule has 5 nitrogen and oxygen atoms in total. The van der Waals surface area contributed by atoms with Crippen LogP contribution in [0.15, 0.2) is 0 Å². The van der Waals surface area contributed by atoms with Crippen molar-refractivity contribution in [1.29, 1.82) is 0 Å². The molecule has 0 radical (unpaired) electrons. The first-order valence-corrected chi connectivity index (χ1v) is 2.76. The van der Waals surface area contributed by atoms with E-state index in [1.165, 1.54) is 19.4 Å². The minimum Gasteiger partial charge on any atom is -0.466 e. The fourth-order valence-electron chi connectivity index (χ4n) is 0.432. The summed E-state index contributed by atoms with van der Waals surface area (Å²) in [5.74, 6) is 0. The van der Waals surface area contributed by atoms with Crippen LogP contribution in [0.25, 0.3) is 0 Å². The first-order chi connectivity index (χ1) is 4.85. The molecule has 0 aliphatic carbocycles. The van der Waals surface area contributed by atoms with E-state index in [1.807, 2.05) is 0 Å². The number of ether oxygens (including phenoxy) is 1. The Morgan fingerprint density at radius 1 is 1.40 bits per heavy atom. The Bertz CT molecular complexity index is 83.7. The molecule has 0 saturated carbocycles. The number of hydrogen-bond donors (Lipinski definition) is 0. The zero-order chi connectivity index (χ0) is 7.82. The first kappa shape index (κ1) is 9.35. The number of hydrogen-bond acceptors (Lipinski definition) is 5. The van der Waals surface area contributed by atoms with Crippen molar-refractivity contribution < 1.29 is 19.2 Å². The zero-order valence-electron chi connectivity index (χ0n) is 6.07. The summed E-state index contributed by atoms with van der Waals surface area (Å²) in [5, 5.41) is 1.20. The summed E-state index contributed by atoms with van der Waals surface area (Å²) in [4.78, 5) is 19.0. The largest absolute Gasteiger partial charge is 0.466 e. The molecule has 0 aromatic carbocycles. The van der Waals surface area contributed by atoms with Crippen molar-refractivity contribution in [2.24, 2.45) is 0 Å². The van der Waals surface area contributed by atoms with Crippen LogP contribution < -0.4 is 0 Å². The predicted octanol–water partition coefficient (Wildman–Crippen LogP) is -0.416. The molecule has 0 amide bonds. The topological polar surface area (TPSA) is 48.0 Å². The second kappa shape index (κ2) is 6.47. The van der Waals surface area contributed by atoms with Gasteiger partial charge in [0.1, 0.15) is 6.61 Å². The molecule has 60 valence electrons. The van der Waals surface area contributed by atoms with E-state index < -0.39 is 0 Å². The summed E-state index contributed by atoms with van der Waals surface area (Å²) in [6, 6.07) is 0. The van der Waals surface area contributed by atoms with Gasteiger partial charge < -0.3 is 4.74 Å². The summed E-state index contributed by atoms with van der Waals surface area (Å²) in [7, 11) is 2.93. The van der Waals surface area contributed by atoms with E-state index in [0.29, 0.717) is 13.0 Å². The molecule has 0 aliphatic rings. The van der Waals surface area contributed by atoms with Gasteiger partial charge in [-0.3, -0.25) is 14.5 Å². The van der Waals surface area contributed by atoms with E-state index in [0.717, 1.165) is 0 Å². The molecule has 0 aliphatic heterocycles. The maximum atomic E-state index is 9.64. The van der Waals surface area contributed by atoms with Crippen LogP contribution in [-0.4, -0.2) is 39.1 Å². The Morgan fingerprint density at radius 2 is 2.00 bits per heavy atom. The molecule has 0 unspecified atom stereocenters. The molecule has 0 fully saturated rings. The highest BCUT2D eigenvalue weighted by Crippen LogP contribution is 1.85. The van der Waals surface area contributed by atoms with E-state index in [4.69, 9.17) is 0 Å². The minimum atomic E-state index is 0.255. The van der Waals surface area contributed by atoms with E-state index in [9.17, 15) is 4.79 Å².